The maximum Gasteiger partial charge on any atom is 0.226 e. The molecule has 2 rings (SSSR count). The number of likely N-dealkylation sites (tertiary alicyclic amines) is 1. The van der Waals surface area contributed by atoms with E-state index in [-0.39, 0.29) is 18.6 Å². The summed E-state index contributed by atoms with van der Waals surface area (Å²) in [6.07, 6.45) is 3.00. The Morgan fingerprint density at radius 3 is 2.74 bits per heavy atom. The zero-order valence-corrected chi connectivity index (χ0v) is 11.8. The van der Waals surface area contributed by atoms with Crippen molar-refractivity contribution in [1.82, 2.24) is 10.2 Å². The first-order chi connectivity index (χ1) is 9.20. The second-order valence-electron chi connectivity index (χ2n) is 5.82. The van der Waals surface area contributed by atoms with Crippen LogP contribution in [0.15, 0.2) is 0 Å². The molecule has 0 radical (unpaired) electrons. The number of carbonyl (C=O) groups is 1. The molecule has 5 heteroatoms. The molecule has 2 N–H and O–H groups in total. The minimum absolute atomic E-state index is 0.0742. The van der Waals surface area contributed by atoms with Gasteiger partial charge in [0.25, 0.3) is 0 Å². The molecule has 0 aromatic heterocycles. The van der Waals surface area contributed by atoms with Crippen LogP contribution in [0.3, 0.4) is 0 Å². The van der Waals surface area contributed by atoms with Crippen molar-refractivity contribution in [2.24, 2.45) is 11.8 Å². The molecular formula is C14H26N2O3. The smallest absolute Gasteiger partial charge is 0.226 e. The van der Waals surface area contributed by atoms with Gasteiger partial charge in [-0.1, -0.05) is 6.92 Å². The van der Waals surface area contributed by atoms with Gasteiger partial charge < -0.3 is 20.1 Å². The predicted molar refractivity (Wildman–Crippen MR) is 72.8 cm³/mol. The van der Waals surface area contributed by atoms with E-state index in [1.54, 1.807) is 0 Å². The first-order valence-electron chi connectivity index (χ1n) is 7.42. The molecule has 0 aliphatic carbocycles. The monoisotopic (exact) mass is 270 g/mol. The van der Waals surface area contributed by atoms with Gasteiger partial charge in [-0.05, 0) is 31.7 Å². The van der Waals surface area contributed by atoms with Crippen LogP contribution in [-0.4, -0.2) is 61.4 Å². The number of nitrogens with one attached hydrogen (secondary N) is 1. The van der Waals surface area contributed by atoms with Gasteiger partial charge in [0.1, 0.15) is 0 Å². The topological polar surface area (TPSA) is 61.8 Å². The van der Waals surface area contributed by atoms with Gasteiger partial charge >= 0.3 is 0 Å². The number of ether oxygens (including phenoxy) is 1. The Morgan fingerprint density at radius 2 is 2.11 bits per heavy atom. The van der Waals surface area contributed by atoms with Crippen LogP contribution in [0.2, 0.25) is 0 Å². The zero-order chi connectivity index (χ0) is 13.7. The summed E-state index contributed by atoms with van der Waals surface area (Å²) in [6, 6.07) is 0. The van der Waals surface area contributed by atoms with E-state index in [0.29, 0.717) is 18.4 Å². The lowest BCUT2D eigenvalue weighted by atomic mass is 9.90. The maximum absolute atomic E-state index is 12.4. The molecule has 1 amide bonds. The number of amides is 1. The number of rotatable bonds is 4. The molecule has 0 saturated carbocycles. The van der Waals surface area contributed by atoms with Crippen molar-refractivity contribution >= 4 is 5.91 Å². The average molecular weight is 270 g/mol. The highest BCUT2D eigenvalue weighted by Crippen LogP contribution is 2.21. The summed E-state index contributed by atoms with van der Waals surface area (Å²) in [5.74, 6) is 1.05. The SMILES string of the molecule is CC1CNCC(C(=O)N2CCC(OCCO)CC2)C1. The highest BCUT2D eigenvalue weighted by atomic mass is 16.5. The normalized spacial score (nSPS) is 29.5. The molecule has 0 aromatic carbocycles. The summed E-state index contributed by atoms with van der Waals surface area (Å²) in [5.41, 5.74) is 0. The summed E-state index contributed by atoms with van der Waals surface area (Å²) in [6.45, 7) is 6.11. The summed E-state index contributed by atoms with van der Waals surface area (Å²) in [5, 5.41) is 12.1. The number of hydrogen-bond donors (Lipinski definition) is 2. The Kier molecular flexibility index (Phi) is 5.60. The van der Waals surface area contributed by atoms with Gasteiger partial charge in [-0.25, -0.2) is 0 Å². The third kappa shape index (κ3) is 4.16. The number of aliphatic hydroxyl groups excluding tert-OH is 1. The Bertz CT molecular complexity index is 290. The van der Waals surface area contributed by atoms with E-state index >= 15 is 0 Å². The van der Waals surface area contributed by atoms with Crippen molar-refractivity contribution in [2.45, 2.75) is 32.3 Å². The standard InChI is InChI=1S/C14H26N2O3/c1-11-8-12(10-15-9-11)14(18)16-4-2-13(3-5-16)19-7-6-17/h11-13,15,17H,2-10H2,1H3. The molecule has 2 aliphatic heterocycles. The van der Waals surface area contributed by atoms with Crippen molar-refractivity contribution < 1.29 is 14.6 Å². The van der Waals surface area contributed by atoms with Crippen LogP contribution < -0.4 is 5.32 Å². The highest BCUT2D eigenvalue weighted by molar-refractivity contribution is 5.79. The molecule has 0 bridgehead atoms. The number of piperidine rings is 2. The molecule has 2 fully saturated rings. The van der Waals surface area contributed by atoms with Crippen molar-refractivity contribution in [3.8, 4) is 0 Å². The van der Waals surface area contributed by atoms with E-state index in [1.165, 1.54) is 0 Å². The third-order valence-electron chi connectivity index (χ3n) is 4.12. The van der Waals surface area contributed by atoms with E-state index < -0.39 is 0 Å². The van der Waals surface area contributed by atoms with Crippen LogP contribution in [0.5, 0.6) is 0 Å². The van der Waals surface area contributed by atoms with Crippen molar-refractivity contribution in [3.63, 3.8) is 0 Å². The van der Waals surface area contributed by atoms with Gasteiger partial charge in [0.05, 0.1) is 25.2 Å². The molecule has 5 nitrogen and oxygen atoms in total. The molecular weight excluding hydrogens is 244 g/mol. The van der Waals surface area contributed by atoms with Crippen molar-refractivity contribution in [2.75, 3.05) is 39.4 Å². The zero-order valence-electron chi connectivity index (χ0n) is 11.8. The molecule has 19 heavy (non-hydrogen) atoms. The van der Waals surface area contributed by atoms with E-state index in [2.05, 4.69) is 12.2 Å². The van der Waals surface area contributed by atoms with Gasteiger partial charge in [0, 0.05) is 19.6 Å². The van der Waals surface area contributed by atoms with Gasteiger partial charge in [-0.2, -0.15) is 0 Å². The van der Waals surface area contributed by atoms with Crippen molar-refractivity contribution in [1.29, 1.82) is 0 Å². The molecule has 110 valence electrons. The van der Waals surface area contributed by atoms with Crippen LogP contribution in [-0.2, 0) is 9.53 Å². The summed E-state index contributed by atoms with van der Waals surface area (Å²) < 4.78 is 5.52. The summed E-state index contributed by atoms with van der Waals surface area (Å²) >= 11 is 0. The van der Waals surface area contributed by atoms with Crippen LogP contribution >= 0.6 is 0 Å². The van der Waals surface area contributed by atoms with Crippen LogP contribution in [0.25, 0.3) is 0 Å². The maximum atomic E-state index is 12.4. The number of aliphatic hydroxyl groups is 1. The van der Waals surface area contributed by atoms with E-state index in [9.17, 15) is 4.79 Å². The summed E-state index contributed by atoms with van der Waals surface area (Å²) in [7, 11) is 0. The highest BCUT2D eigenvalue weighted by Gasteiger charge is 2.30. The molecule has 0 spiro atoms. The van der Waals surface area contributed by atoms with Crippen molar-refractivity contribution in [3.05, 3.63) is 0 Å². The van der Waals surface area contributed by atoms with Gasteiger partial charge in [0.2, 0.25) is 5.91 Å². The lowest BCUT2D eigenvalue weighted by Gasteiger charge is -2.36. The van der Waals surface area contributed by atoms with Gasteiger partial charge in [-0.15, -0.1) is 0 Å². The quantitative estimate of drug-likeness (QED) is 0.768. The van der Waals surface area contributed by atoms with Crippen LogP contribution in [0, 0.1) is 11.8 Å². The number of carbonyl (C=O) groups excluding carboxylic acids is 1. The Labute approximate surface area is 115 Å². The first kappa shape index (κ1) is 14.8. The Hall–Kier alpha value is -0.650. The molecule has 2 unspecified atom stereocenters. The lowest BCUT2D eigenvalue weighted by Crippen LogP contribution is -2.48. The largest absolute Gasteiger partial charge is 0.394 e. The number of nitrogens with zero attached hydrogens (tertiary/aromatic N) is 1. The van der Waals surface area contributed by atoms with Crippen LogP contribution in [0.1, 0.15) is 26.2 Å². The van der Waals surface area contributed by atoms with Gasteiger partial charge in [0.15, 0.2) is 0 Å². The first-order valence-corrected chi connectivity index (χ1v) is 7.42. The Morgan fingerprint density at radius 1 is 1.37 bits per heavy atom. The molecule has 2 saturated heterocycles. The van der Waals surface area contributed by atoms with E-state index in [1.807, 2.05) is 4.90 Å². The molecule has 2 atom stereocenters. The van der Waals surface area contributed by atoms with E-state index in [4.69, 9.17) is 9.84 Å². The van der Waals surface area contributed by atoms with Crippen LogP contribution in [0.4, 0.5) is 0 Å². The van der Waals surface area contributed by atoms with E-state index in [0.717, 1.165) is 45.4 Å². The minimum Gasteiger partial charge on any atom is -0.394 e. The predicted octanol–water partition coefficient (Wildman–Crippen LogP) is 0.232. The number of hydrogen-bond acceptors (Lipinski definition) is 4. The van der Waals surface area contributed by atoms with Gasteiger partial charge in [-0.3, -0.25) is 4.79 Å². The second kappa shape index (κ2) is 7.22. The molecule has 0 aromatic rings. The average Bonchev–Trinajstić information content (AvgIpc) is 2.45. The molecule has 2 heterocycles. The summed E-state index contributed by atoms with van der Waals surface area (Å²) in [4.78, 5) is 14.4. The second-order valence-corrected chi connectivity index (χ2v) is 5.82. The fourth-order valence-electron chi connectivity index (χ4n) is 3.06. The minimum atomic E-state index is 0.0742. The Balaban J connectivity index is 1.75. The molecule has 2 aliphatic rings. The fourth-order valence-corrected chi connectivity index (χ4v) is 3.06. The lowest BCUT2D eigenvalue weighted by molar-refractivity contribution is -0.139. The third-order valence-corrected chi connectivity index (χ3v) is 4.12. The fraction of sp³-hybridized carbons (Fsp3) is 0.929.